The predicted molar refractivity (Wildman–Crippen MR) is 61.7 cm³/mol. The number of rotatable bonds is 5. The lowest BCUT2D eigenvalue weighted by Gasteiger charge is -2.16. The first-order chi connectivity index (χ1) is 7.13. The molecule has 0 aliphatic rings. The molecule has 3 nitrogen and oxygen atoms in total. The van der Waals surface area contributed by atoms with Gasteiger partial charge in [0, 0.05) is 11.1 Å². The number of nitrogens with one attached hydrogen (secondary N) is 1. The van der Waals surface area contributed by atoms with E-state index in [9.17, 15) is 4.79 Å². The van der Waals surface area contributed by atoms with Crippen molar-refractivity contribution in [1.82, 2.24) is 5.32 Å². The molecule has 0 spiro atoms. The number of carbonyl (C=O) groups excluding carboxylic acids is 1. The van der Waals surface area contributed by atoms with Crippen molar-refractivity contribution < 1.29 is 4.79 Å². The van der Waals surface area contributed by atoms with Gasteiger partial charge in [-0.25, -0.2) is 0 Å². The van der Waals surface area contributed by atoms with Crippen LogP contribution >= 0.6 is 11.6 Å². The third-order valence-electron chi connectivity index (χ3n) is 2.20. The Labute approximate surface area is 94.6 Å². The Bertz CT molecular complexity index is 324. The molecule has 0 aliphatic heterocycles. The van der Waals surface area contributed by atoms with E-state index >= 15 is 0 Å². The lowest BCUT2D eigenvalue weighted by Crippen LogP contribution is -2.31. The third-order valence-corrected chi connectivity index (χ3v) is 2.46. The van der Waals surface area contributed by atoms with Crippen LogP contribution in [0.4, 0.5) is 0 Å². The van der Waals surface area contributed by atoms with Crippen molar-refractivity contribution in [2.75, 3.05) is 6.54 Å². The molecular weight excluding hydrogens is 212 g/mol. The lowest BCUT2D eigenvalue weighted by molar-refractivity contribution is -0.117. The molecule has 3 N–H and O–H groups in total. The Morgan fingerprint density at radius 3 is 2.53 bits per heavy atom. The SMILES string of the molecule is CC[C@H](NCC(N)=O)c1ccc(Cl)cc1. The van der Waals surface area contributed by atoms with E-state index in [1.54, 1.807) is 0 Å². The molecule has 0 aliphatic carbocycles. The molecule has 0 radical (unpaired) electrons. The highest BCUT2D eigenvalue weighted by atomic mass is 35.5. The van der Waals surface area contributed by atoms with Crippen LogP contribution in [0.15, 0.2) is 24.3 Å². The first kappa shape index (κ1) is 12.0. The summed E-state index contributed by atoms with van der Waals surface area (Å²) in [4.78, 5) is 10.6. The minimum atomic E-state index is -0.345. The molecule has 1 amide bonds. The van der Waals surface area contributed by atoms with Crippen molar-refractivity contribution in [2.45, 2.75) is 19.4 Å². The molecule has 0 saturated carbocycles. The first-order valence-corrected chi connectivity index (χ1v) is 5.28. The van der Waals surface area contributed by atoms with Crippen LogP contribution in [0.3, 0.4) is 0 Å². The molecule has 0 bridgehead atoms. The second-order valence-corrected chi connectivity index (χ2v) is 3.80. The average molecular weight is 227 g/mol. The minimum Gasteiger partial charge on any atom is -0.369 e. The molecule has 1 aromatic rings. The number of halogens is 1. The zero-order valence-corrected chi connectivity index (χ0v) is 9.42. The summed E-state index contributed by atoms with van der Waals surface area (Å²) in [6.45, 7) is 2.24. The van der Waals surface area contributed by atoms with Gasteiger partial charge in [-0.2, -0.15) is 0 Å². The Hall–Kier alpha value is -1.06. The molecule has 1 rings (SSSR count). The van der Waals surface area contributed by atoms with Crippen molar-refractivity contribution in [3.63, 3.8) is 0 Å². The zero-order valence-electron chi connectivity index (χ0n) is 8.66. The molecule has 0 fully saturated rings. The second-order valence-electron chi connectivity index (χ2n) is 3.36. The van der Waals surface area contributed by atoms with E-state index in [-0.39, 0.29) is 18.5 Å². The van der Waals surface area contributed by atoms with Crippen molar-refractivity contribution in [3.8, 4) is 0 Å². The van der Waals surface area contributed by atoms with Crippen LogP contribution in [-0.2, 0) is 4.79 Å². The van der Waals surface area contributed by atoms with Gasteiger partial charge in [0.25, 0.3) is 0 Å². The maximum absolute atomic E-state index is 10.6. The van der Waals surface area contributed by atoms with Gasteiger partial charge in [-0.15, -0.1) is 0 Å². The predicted octanol–water partition coefficient (Wildman–Crippen LogP) is 1.87. The van der Waals surface area contributed by atoms with Gasteiger partial charge in [-0.05, 0) is 24.1 Å². The summed E-state index contributed by atoms with van der Waals surface area (Å²) in [6.07, 6.45) is 0.898. The Morgan fingerprint density at radius 1 is 1.47 bits per heavy atom. The molecule has 0 heterocycles. The fourth-order valence-electron chi connectivity index (χ4n) is 1.42. The fourth-order valence-corrected chi connectivity index (χ4v) is 1.54. The molecular formula is C11H15ClN2O. The lowest BCUT2D eigenvalue weighted by atomic mass is 10.0. The topological polar surface area (TPSA) is 55.1 Å². The van der Waals surface area contributed by atoms with Crippen LogP contribution < -0.4 is 11.1 Å². The highest BCUT2D eigenvalue weighted by Crippen LogP contribution is 2.18. The molecule has 1 atom stereocenters. The van der Waals surface area contributed by atoms with Crippen molar-refractivity contribution >= 4 is 17.5 Å². The summed E-state index contributed by atoms with van der Waals surface area (Å²) in [5, 5.41) is 3.80. The number of hydrogen-bond donors (Lipinski definition) is 2. The zero-order chi connectivity index (χ0) is 11.3. The maximum atomic E-state index is 10.6. The first-order valence-electron chi connectivity index (χ1n) is 4.90. The highest BCUT2D eigenvalue weighted by molar-refractivity contribution is 6.30. The Morgan fingerprint density at radius 2 is 2.07 bits per heavy atom. The number of nitrogens with two attached hydrogens (primary N) is 1. The standard InChI is InChI=1S/C11H15ClN2O/c1-2-10(14-7-11(13)15)8-3-5-9(12)6-4-8/h3-6,10,14H,2,7H2,1H3,(H2,13,15)/t10-/m0/s1. The number of benzene rings is 1. The van der Waals surface area contributed by atoms with Crippen LogP contribution in [0.5, 0.6) is 0 Å². The Kier molecular flexibility index (Phi) is 4.59. The molecule has 4 heteroatoms. The summed E-state index contributed by atoms with van der Waals surface area (Å²) >= 11 is 5.79. The number of amides is 1. The number of hydrogen-bond acceptors (Lipinski definition) is 2. The summed E-state index contributed by atoms with van der Waals surface area (Å²) in [5.41, 5.74) is 6.19. The Balaban J connectivity index is 2.65. The summed E-state index contributed by atoms with van der Waals surface area (Å²) in [6, 6.07) is 7.72. The van der Waals surface area contributed by atoms with E-state index in [1.165, 1.54) is 0 Å². The van der Waals surface area contributed by atoms with Crippen molar-refractivity contribution in [2.24, 2.45) is 5.73 Å². The van der Waals surface area contributed by atoms with Gasteiger partial charge < -0.3 is 11.1 Å². The molecule has 15 heavy (non-hydrogen) atoms. The van der Waals surface area contributed by atoms with E-state index in [2.05, 4.69) is 5.32 Å². The largest absolute Gasteiger partial charge is 0.369 e. The number of primary amides is 1. The summed E-state index contributed by atoms with van der Waals surface area (Å²) in [7, 11) is 0. The van der Waals surface area contributed by atoms with E-state index < -0.39 is 0 Å². The van der Waals surface area contributed by atoms with Gasteiger partial charge in [0.2, 0.25) is 5.91 Å². The summed E-state index contributed by atoms with van der Waals surface area (Å²) in [5.74, 6) is -0.345. The van der Waals surface area contributed by atoms with Crippen LogP contribution in [0.2, 0.25) is 5.02 Å². The monoisotopic (exact) mass is 226 g/mol. The van der Waals surface area contributed by atoms with E-state index in [4.69, 9.17) is 17.3 Å². The smallest absolute Gasteiger partial charge is 0.231 e. The van der Waals surface area contributed by atoms with Crippen molar-refractivity contribution in [3.05, 3.63) is 34.9 Å². The van der Waals surface area contributed by atoms with Crippen LogP contribution in [0, 0.1) is 0 Å². The molecule has 1 aromatic carbocycles. The molecule has 82 valence electrons. The minimum absolute atomic E-state index is 0.148. The highest BCUT2D eigenvalue weighted by Gasteiger charge is 2.08. The second kappa shape index (κ2) is 5.73. The maximum Gasteiger partial charge on any atom is 0.231 e. The normalized spacial score (nSPS) is 12.4. The van der Waals surface area contributed by atoms with Crippen LogP contribution in [0.25, 0.3) is 0 Å². The van der Waals surface area contributed by atoms with Gasteiger partial charge in [0.15, 0.2) is 0 Å². The van der Waals surface area contributed by atoms with Gasteiger partial charge in [0.05, 0.1) is 6.54 Å². The molecule has 0 aromatic heterocycles. The van der Waals surface area contributed by atoms with Gasteiger partial charge in [-0.3, -0.25) is 4.79 Å². The van der Waals surface area contributed by atoms with Gasteiger partial charge >= 0.3 is 0 Å². The third kappa shape index (κ3) is 3.90. The van der Waals surface area contributed by atoms with E-state index in [1.807, 2.05) is 31.2 Å². The summed E-state index contributed by atoms with van der Waals surface area (Å²) < 4.78 is 0. The van der Waals surface area contributed by atoms with E-state index in [0.717, 1.165) is 12.0 Å². The average Bonchev–Trinajstić information content (AvgIpc) is 2.21. The molecule has 0 saturated heterocycles. The van der Waals surface area contributed by atoms with Gasteiger partial charge in [-0.1, -0.05) is 30.7 Å². The number of carbonyl (C=O) groups is 1. The van der Waals surface area contributed by atoms with E-state index in [0.29, 0.717) is 5.02 Å². The van der Waals surface area contributed by atoms with Crippen LogP contribution in [0.1, 0.15) is 24.9 Å². The van der Waals surface area contributed by atoms with Crippen molar-refractivity contribution in [1.29, 1.82) is 0 Å². The van der Waals surface area contributed by atoms with Gasteiger partial charge in [0.1, 0.15) is 0 Å². The van der Waals surface area contributed by atoms with Crippen LogP contribution in [-0.4, -0.2) is 12.5 Å². The quantitative estimate of drug-likeness (QED) is 0.806. The molecule has 0 unspecified atom stereocenters. The fraction of sp³-hybridized carbons (Fsp3) is 0.364.